The van der Waals surface area contributed by atoms with Crippen LogP contribution in [0.4, 0.5) is 0 Å². The molecule has 1 heteroatoms. The average molecular weight is 316 g/mol. The third kappa shape index (κ3) is 4.26. The van der Waals surface area contributed by atoms with Crippen molar-refractivity contribution < 1.29 is 4.74 Å². The van der Waals surface area contributed by atoms with Gasteiger partial charge in [-0.3, -0.25) is 0 Å². The van der Waals surface area contributed by atoms with Crippen LogP contribution in [0.2, 0.25) is 0 Å². The molecule has 0 aliphatic heterocycles. The van der Waals surface area contributed by atoms with E-state index in [1.165, 1.54) is 34.2 Å². The summed E-state index contributed by atoms with van der Waals surface area (Å²) in [6.45, 7) is 4.91. The van der Waals surface area contributed by atoms with Crippen LogP contribution >= 0.6 is 0 Å². The summed E-state index contributed by atoms with van der Waals surface area (Å²) in [6.07, 6.45) is 2.32. The summed E-state index contributed by atoms with van der Waals surface area (Å²) in [5, 5.41) is 0. The van der Waals surface area contributed by atoms with Gasteiger partial charge in [0.1, 0.15) is 12.4 Å². The number of hydrogen-bond acceptors (Lipinski definition) is 1. The fraction of sp³-hybridized carbons (Fsp3) is 0.217. The number of benzene rings is 3. The first kappa shape index (κ1) is 16.3. The molecule has 1 nitrogen and oxygen atoms in total. The third-order valence-electron chi connectivity index (χ3n) is 4.15. The lowest BCUT2D eigenvalue weighted by Crippen LogP contribution is -1.95. The summed E-state index contributed by atoms with van der Waals surface area (Å²) < 4.78 is 5.97. The molecule has 24 heavy (non-hydrogen) atoms. The lowest BCUT2D eigenvalue weighted by atomic mass is 10.0. The molecular weight excluding hydrogens is 292 g/mol. The zero-order chi connectivity index (χ0) is 16.8. The lowest BCUT2D eigenvalue weighted by molar-refractivity contribution is 0.306. The van der Waals surface area contributed by atoms with Crippen LogP contribution in [0.5, 0.6) is 5.75 Å². The molecule has 0 aromatic heterocycles. The first-order chi connectivity index (χ1) is 11.7. The molecule has 0 unspecified atom stereocenters. The van der Waals surface area contributed by atoms with Gasteiger partial charge in [-0.25, -0.2) is 0 Å². The monoisotopic (exact) mass is 316 g/mol. The largest absolute Gasteiger partial charge is 0.489 e. The summed E-state index contributed by atoms with van der Waals surface area (Å²) in [4.78, 5) is 0. The van der Waals surface area contributed by atoms with Gasteiger partial charge in [-0.2, -0.15) is 0 Å². The summed E-state index contributed by atoms with van der Waals surface area (Å²) in [5.41, 5.74) is 6.28. The molecule has 0 amide bonds. The van der Waals surface area contributed by atoms with Gasteiger partial charge in [0, 0.05) is 0 Å². The molecule has 0 saturated heterocycles. The minimum Gasteiger partial charge on any atom is -0.489 e. The van der Waals surface area contributed by atoms with Crippen molar-refractivity contribution in [1.29, 1.82) is 0 Å². The highest BCUT2D eigenvalue weighted by Crippen LogP contribution is 2.25. The molecule has 0 spiro atoms. The van der Waals surface area contributed by atoms with Crippen molar-refractivity contribution in [3.8, 4) is 16.9 Å². The number of hydrogen-bond donors (Lipinski definition) is 0. The standard InChI is InChI=1S/C23H24O/c1-3-6-19-11-13-21(14-12-19)22-9-5-10-23(16-22)24-17-20-8-4-7-18(2)15-20/h4-5,7-16H,3,6,17H2,1-2H3. The van der Waals surface area contributed by atoms with Gasteiger partial charge in [-0.15, -0.1) is 0 Å². The molecule has 0 bridgehead atoms. The molecule has 0 aliphatic carbocycles. The first-order valence-corrected chi connectivity index (χ1v) is 8.62. The highest BCUT2D eigenvalue weighted by Gasteiger charge is 2.02. The van der Waals surface area contributed by atoms with Crippen molar-refractivity contribution in [1.82, 2.24) is 0 Å². The van der Waals surface area contributed by atoms with Crippen molar-refractivity contribution in [2.45, 2.75) is 33.3 Å². The zero-order valence-corrected chi connectivity index (χ0v) is 14.5. The van der Waals surface area contributed by atoms with Crippen LogP contribution < -0.4 is 4.74 Å². The highest BCUT2D eigenvalue weighted by atomic mass is 16.5. The van der Waals surface area contributed by atoms with Gasteiger partial charge in [0.05, 0.1) is 0 Å². The fourth-order valence-electron chi connectivity index (χ4n) is 2.89. The molecular formula is C23H24O. The lowest BCUT2D eigenvalue weighted by Gasteiger charge is -2.09. The van der Waals surface area contributed by atoms with E-state index in [9.17, 15) is 0 Å². The topological polar surface area (TPSA) is 9.23 Å². The maximum absolute atomic E-state index is 5.97. The van der Waals surface area contributed by atoms with Crippen molar-refractivity contribution in [3.63, 3.8) is 0 Å². The van der Waals surface area contributed by atoms with Crippen LogP contribution in [0.15, 0.2) is 72.8 Å². The first-order valence-electron chi connectivity index (χ1n) is 8.62. The molecule has 0 radical (unpaired) electrons. The summed E-state index contributed by atoms with van der Waals surface area (Å²) in [5.74, 6) is 0.909. The molecule has 3 aromatic rings. The quantitative estimate of drug-likeness (QED) is 0.526. The Morgan fingerprint density at radius 2 is 1.54 bits per heavy atom. The SMILES string of the molecule is CCCc1ccc(-c2cccc(OCc3cccc(C)c3)c2)cc1. The predicted octanol–water partition coefficient (Wildman–Crippen LogP) is 6.19. The molecule has 3 rings (SSSR count). The maximum atomic E-state index is 5.97. The van der Waals surface area contributed by atoms with Gasteiger partial charge in [0.25, 0.3) is 0 Å². The number of aryl methyl sites for hydroxylation is 2. The molecule has 3 aromatic carbocycles. The average Bonchev–Trinajstić information content (AvgIpc) is 2.61. The summed E-state index contributed by atoms with van der Waals surface area (Å²) in [6, 6.07) is 25.6. The Kier molecular flexibility index (Phi) is 5.32. The van der Waals surface area contributed by atoms with E-state index in [2.05, 4.69) is 80.6 Å². The van der Waals surface area contributed by atoms with Gasteiger partial charge >= 0.3 is 0 Å². The van der Waals surface area contributed by atoms with E-state index >= 15 is 0 Å². The van der Waals surface area contributed by atoms with Crippen LogP contribution in [0.25, 0.3) is 11.1 Å². The van der Waals surface area contributed by atoms with E-state index in [0.29, 0.717) is 6.61 Å². The molecule has 0 fully saturated rings. The second-order valence-electron chi connectivity index (χ2n) is 6.25. The second-order valence-corrected chi connectivity index (χ2v) is 6.25. The van der Waals surface area contributed by atoms with Crippen LogP contribution in [-0.2, 0) is 13.0 Å². The Hall–Kier alpha value is -2.54. The Morgan fingerprint density at radius 3 is 2.29 bits per heavy atom. The van der Waals surface area contributed by atoms with E-state index in [1.807, 2.05) is 6.07 Å². The van der Waals surface area contributed by atoms with E-state index < -0.39 is 0 Å². The fourth-order valence-corrected chi connectivity index (χ4v) is 2.89. The summed E-state index contributed by atoms with van der Waals surface area (Å²) >= 11 is 0. The number of rotatable bonds is 6. The highest BCUT2D eigenvalue weighted by molar-refractivity contribution is 5.65. The van der Waals surface area contributed by atoms with Crippen molar-refractivity contribution in [3.05, 3.63) is 89.5 Å². The van der Waals surface area contributed by atoms with Gasteiger partial charge in [-0.1, -0.05) is 79.6 Å². The van der Waals surface area contributed by atoms with Crippen LogP contribution in [-0.4, -0.2) is 0 Å². The third-order valence-corrected chi connectivity index (χ3v) is 4.15. The van der Waals surface area contributed by atoms with E-state index in [0.717, 1.165) is 12.2 Å². The van der Waals surface area contributed by atoms with Gasteiger partial charge < -0.3 is 4.74 Å². The minimum atomic E-state index is 0.598. The van der Waals surface area contributed by atoms with Crippen LogP contribution in [0.1, 0.15) is 30.0 Å². The van der Waals surface area contributed by atoms with Crippen LogP contribution in [0.3, 0.4) is 0 Å². The molecule has 0 heterocycles. The van der Waals surface area contributed by atoms with E-state index in [4.69, 9.17) is 4.74 Å². The van der Waals surface area contributed by atoms with Crippen molar-refractivity contribution in [2.75, 3.05) is 0 Å². The Morgan fingerprint density at radius 1 is 0.750 bits per heavy atom. The Labute approximate surface area is 144 Å². The van der Waals surface area contributed by atoms with Gasteiger partial charge in [0.15, 0.2) is 0 Å². The predicted molar refractivity (Wildman–Crippen MR) is 101 cm³/mol. The molecule has 0 N–H and O–H groups in total. The smallest absolute Gasteiger partial charge is 0.120 e. The molecule has 0 saturated carbocycles. The van der Waals surface area contributed by atoms with Gasteiger partial charge in [-0.05, 0) is 47.7 Å². The Balaban J connectivity index is 1.71. The van der Waals surface area contributed by atoms with Crippen molar-refractivity contribution in [2.24, 2.45) is 0 Å². The van der Waals surface area contributed by atoms with E-state index in [1.54, 1.807) is 0 Å². The van der Waals surface area contributed by atoms with E-state index in [-0.39, 0.29) is 0 Å². The molecule has 122 valence electrons. The minimum absolute atomic E-state index is 0.598. The zero-order valence-electron chi connectivity index (χ0n) is 14.5. The van der Waals surface area contributed by atoms with Gasteiger partial charge in [0.2, 0.25) is 0 Å². The van der Waals surface area contributed by atoms with Crippen molar-refractivity contribution >= 4 is 0 Å². The van der Waals surface area contributed by atoms with Crippen LogP contribution in [0, 0.1) is 6.92 Å². The second kappa shape index (κ2) is 7.83. The summed E-state index contributed by atoms with van der Waals surface area (Å²) in [7, 11) is 0. The maximum Gasteiger partial charge on any atom is 0.120 e. The Bertz CT molecular complexity index is 787. The molecule has 0 aliphatic rings. The normalized spacial score (nSPS) is 10.6. The molecule has 0 atom stereocenters. The number of ether oxygens (including phenoxy) is 1.